The monoisotopic (exact) mass is 533 g/mol. The Morgan fingerprint density at radius 2 is 2.03 bits per heavy atom. The van der Waals surface area contributed by atoms with Crippen molar-refractivity contribution in [3.8, 4) is 17.2 Å². The second kappa shape index (κ2) is 10.8. The second-order valence-corrected chi connectivity index (χ2v) is 7.83. The van der Waals surface area contributed by atoms with Crippen LogP contribution in [0.2, 0.25) is 5.02 Å². The lowest BCUT2D eigenvalue weighted by molar-refractivity contribution is -0.384. The highest BCUT2D eigenvalue weighted by molar-refractivity contribution is 9.10. The van der Waals surface area contributed by atoms with E-state index in [0.717, 1.165) is 23.8 Å². The first-order valence-corrected chi connectivity index (χ1v) is 10.5. The van der Waals surface area contributed by atoms with Crippen molar-refractivity contribution < 1.29 is 24.3 Å². The molecular formula is C22H17BrClN3O6. The molecule has 2 N–H and O–H groups in total. The molecule has 0 bridgehead atoms. The van der Waals surface area contributed by atoms with Crippen molar-refractivity contribution in [3.05, 3.63) is 90.9 Å². The van der Waals surface area contributed by atoms with E-state index >= 15 is 0 Å². The van der Waals surface area contributed by atoms with Gasteiger partial charge in [-0.05, 0) is 45.8 Å². The largest absolute Gasteiger partial charge is 0.507 e. The Labute approximate surface area is 201 Å². The zero-order valence-corrected chi connectivity index (χ0v) is 19.5. The number of carbonyl (C=O) groups is 1. The highest BCUT2D eigenvalue weighted by Crippen LogP contribution is 2.37. The maximum atomic E-state index is 12.2. The maximum absolute atomic E-state index is 12.2. The quantitative estimate of drug-likeness (QED) is 0.236. The Hall–Kier alpha value is -3.63. The van der Waals surface area contributed by atoms with Crippen molar-refractivity contribution in [2.75, 3.05) is 7.11 Å². The number of hydrogen-bond donors (Lipinski definition) is 2. The number of aromatic hydroxyl groups is 1. The summed E-state index contributed by atoms with van der Waals surface area (Å²) in [5.41, 5.74) is 2.99. The molecule has 0 aliphatic heterocycles. The van der Waals surface area contributed by atoms with Gasteiger partial charge in [-0.2, -0.15) is 5.10 Å². The molecule has 3 aromatic carbocycles. The van der Waals surface area contributed by atoms with E-state index in [4.69, 9.17) is 21.1 Å². The molecule has 0 fully saturated rings. The van der Waals surface area contributed by atoms with Crippen LogP contribution < -0.4 is 14.9 Å². The van der Waals surface area contributed by atoms with Crippen LogP contribution in [0.3, 0.4) is 0 Å². The summed E-state index contributed by atoms with van der Waals surface area (Å²) in [6.07, 6.45) is 1.34. The van der Waals surface area contributed by atoms with Crippen LogP contribution in [0, 0.1) is 10.1 Å². The summed E-state index contributed by atoms with van der Waals surface area (Å²) in [7, 11) is 1.48. The molecule has 1 amide bonds. The van der Waals surface area contributed by atoms with Crippen LogP contribution >= 0.6 is 27.5 Å². The van der Waals surface area contributed by atoms with Gasteiger partial charge in [-0.1, -0.05) is 29.8 Å². The maximum Gasteiger partial charge on any atom is 0.275 e. The van der Waals surface area contributed by atoms with Gasteiger partial charge in [-0.25, -0.2) is 5.43 Å². The van der Waals surface area contributed by atoms with E-state index < -0.39 is 16.6 Å². The predicted octanol–water partition coefficient (Wildman–Crippen LogP) is 5.07. The molecule has 0 radical (unpaired) electrons. The Balaban J connectivity index is 1.73. The number of nitro benzene ring substituents is 1. The number of phenolic OH excluding ortho intramolecular Hbond substituents is 1. The Bertz CT molecular complexity index is 1230. The lowest BCUT2D eigenvalue weighted by atomic mass is 10.1. The molecular weight excluding hydrogens is 518 g/mol. The summed E-state index contributed by atoms with van der Waals surface area (Å²) in [5.74, 6) is -0.337. The van der Waals surface area contributed by atoms with Gasteiger partial charge < -0.3 is 14.6 Å². The average molecular weight is 535 g/mol. The first kappa shape index (κ1) is 24.0. The number of ether oxygens (including phenoxy) is 2. The summed E-state index contributed by atoms with van der Waals surface area (Å²) < 4.78 is 11.9. The minimum atomic E-state index is -0.807. The first-order chi connectivity index (χ1) is 15.8. The predicted molar refractivity (Wildman–Crippen MR) is 126 cm³/mol. The van der Waals surface area contributed by atoms with Crippen molar-refractivity contribution in [2.24, 2.45) is 5.10 Å². The van der Waals surface area contributed by atoms with Crippen molar-refractivity contribution in [1.82, 2.24) is 5.43 Å². The van der Waals surface area contributed by atoms with E-state index in [1.807, 2.05) is 18.2 Å². The number of hydrazone groups is 1. The summed E-state index contributed by atoms with van der Waals surface area (Å²) >= 11 is 9.60. The van der Waals surface area contributed by atoms with Gasteiger partial charge in [0.1, 0.15) is 12.4 Å². The van der Waals surface area contributed by atoms with Crippen LogP contribution in [-0.4, -0.2) is 29.3 Å². The number of nitro groups is 1. The molecule has 0 heterocycles. The molecule has 33 heavy (non-hydrogen) atoms. The summed E-state index contributed by atoms with van der Waals surface area (Å²) in [6, 6.07) is 13.8. The van der Waals surface area contributed by atoms with Crippen LogP contribution in [-0.2, 0) is 6.61 Å². The highest BCUT2D eigenvalue weighted by Gasteiger charge is 2.16. The minimum Gasteiger partial charge on any atom is -0.507 e. The normalized spacial score (nSPS) is 10.8. The van der Waals surface area contributed by atoms with Crippen LogP contribution in [0.5, 0.6) is 17.2 Å². The van der Waals surface area contributed by atoms with Crippen molar-refractivity contribution in [1.29, 1.82) is 0 Å². The van der Waals surface area contributed by atoms with E-state index in [2.05, 4.69) is 26.5 Å². The fourth-order valence-electron chi connectivity index (χ4n) is 2.76. The van der Waals surface area contributed by atoms with Crippen LogP contribution in [0.1, 0.15) is 21.5 Å². The van der Waals surface area contributed by atoms with Crippen LogP contribution in [0.15, 0.2) is 64.2 Å². The number of rotatable bonds is 8. The molecule has 0 aromatic heterocycles. The molecule has 3 rings (SSSR count). The van der Waals surface area contributed by atoms with Gasteiger partial charge in [0.2, 0.25) is 0 Å². The van der Waals surface area contributed by atoms with Crippen molar-refractivity contribution in [2.45, 2.75) is 6.61 Å². The third-order valence-electron chi connectivity index (χ3n) is 4.40. The molecule has 0 spiro atoms. The number of nitrogens with zero attached hydrogens (tertiary/aromatic N) is 2. The fourth-order valence-corrected chi connectivity index (χ4v) is 3.53. The van der Waals surface area contributed by atoms with Crippen molar-refractivity contribution in [3.63, 3.8) is 0 Å². The fraction of sp³-hybridized carbons (Fsp3) is 0.0909. The Morgan fingerprint density at radius 1 is 1.27 bits per heavy atom. The van der Waals surface area contributed by atoms with Gasteiger partial charge in [0, 0.05) is 22.7 Å². The summed E-state index contributed by atoms with van der Waals surface area (Å²) in [4.78, 5) is 22.5. The average Bonchev–Trinajstić information content (AvgIpc) is 2.79. The van der Waals surface area contributed by atoms with Gasteiger partial charge >= 0.3 is 0 Å². The zero-order chi connectivity index (χ0) is 24.0. The van der Waals surface area contributed by atoms with Crippen molar-refractivity contribution >= 4 is 45.3 Å². The van der Waals surface area contributed by atoms with Gasteiger partial charge in [-0.15, -0.1) is 0 Å². The van der Waals surface area contributed by atoms with Crippen LogP contribution in [0.4, 0.5) is 5.69 Å². The molecule has 0 atom stereocenters. The molecule has 0 aliphatic carbocycles. The molecule has 11 heteroatoms. The minimum absolute atomic E-state index is 0.227. The molecule has 9 nitrogen and oxygen atoms in total. The number of phenols is 1. The highest BCUT2D eigenvalue weighted by atomic mass is 79.9. The number of benzene rings is 3. The molecule has 0 aliphatic rings. The molecule has 3 aromatic rings. The summed E-state index contributed by atoms with van der Waals surface area (Å²) in [5, 5.41) is 25.1. The Morgan fingerprint density at radius 3 is 2.73 bits per heavy atom. The number of amides is 1. The number of halogens is 2. The number of carbonyl (C=O) groups excluding carboxylic acids is 1. The Kier molecular flexibility index (Phi) is 7.86. The van der Waals surface area contributed by atoms with E-state index in [1.54, 1.807) is 18.2 Å². The van der Waals surface area contributed by atoms with E-state index in [0.29, 0.717) is 26.6 Å². The molecule has 0 saturated carbocycles. The van der Waals surface area contributed by atoms with E-state index in [-0.39, 0.29) is 17.9 Å². The molecule has 170 valence electrons. The number of nitrogens with one attached hydrogen (secondary N) is 1. The van der Waals surface area contributed by atoms with E-state index in [1.165, 1.54) is 13.3 Å². The van der Waals surface area contributed by atoms with Gasteiger partial charge in [0.15, 0.2) is 11.5 Å². The number of methoxy groups -OCH3 is 1. The first-order valence-electron chi connectivity index (χ1n) is 9.34. The van der Waals surface area contributed by atoms with Gasteiger partial charge in [0.25, 0.3) is 11.6 Å². The molecule has 0 saturated heterocycles. The second-order valence-electron chi connectivity index (χ2n) is 6.57. The van der Waals surface area contributed by atoms with Crippen LogP contribution in [0.25, 0.3) is 0 Å². The molecule has 0 unspecified atom stereocenters. The lowest BCUT2D eigenvalue weighted by Crippen LogP contribution is -2.18. The SMILES string of the molecule is COc1cc(/C=N\NC(=O)c2cc([N+](=O)[O-])ccc2O)cc(Br)c1OCc1ccccc1Cl. The van der Waals surface area contributed by atoms with Gasteiger partial charge in [0.05, 0.1) is 28.3 Å². The zero-order valence-electron chi connectivity index (χ0n) is 17.1. The smallest absolute Gasteiger partial charge is 0.275 e. The lowest BCUT2D eigenvalue weighted by Gasteiger charge is -2.14. The summed E-state index contributed by atoms with van der Waals surface area (Å²) in [6.45, 7) is 0.227. The topological polar surface area (TPSA) is 123 Å². The van der Waals surface area contributed by atoms with Gasteiger partial charge in [-0.3, -0.25) is 14.9 Å². The number of hydrogen-bond acceptors (Lipinski definition) is 7. The third kappa shape index (κ3) is 5.99. The standard InChI is InChI=1S/C22H17BrClN3O6/c1-32-20-9-13(8-17(23)21(20)33-12-14-4-2-3-5-18(14)24)11-25-26-22(29)16-10-15(27(30)31)6-7-19(16)28/h2-11,28H,12H2,1H3,(H,26,29)/b25-11-. The third-order valence-corrected chi connectivity index (χ3v) is 5.35. The van der Waals surface area contributed by atoms with E-state index in [9.17, 15) is 20.0 Å². The number of non-ortho nitro benzene ring substituents is 1.